The summed E-state index contributed by atoms with van der Waals surface area (Å²) in [6.45, 7) is 4.48. The van der Waals surface area contributed by atoms with Crippen LogP contribution in [0.25, 0.3) is 16.6 Å². The molecule has 4 rings (SSSR count). The smallest absolute Gasteiger partial charge is 0.266 e. The number of hydrogen-bond donors (Lipinski definition) is 0. The second kappa shape index (κ2) is 11.9. The quantitative estimate of drug-likeness (QED) is 0.223. The van der Waals surface area contributed by atoms with E-state index in [0.717, 1.165) is 25.7 Å². The van der Waals surface area contributed by atoms with Gasteiger partial charge < -0.3 is 4.90 Å². The molecule has 0 aliphatic heterocycles. The van der Waals surface area contributed by atoms with E-state index in [2.05, 4.69) is 6.92 Å². The van der Waals surface area contributed by atoms with Gasteiger partial charge >= 0.3 is 0 Å². The first-order valence-electron chi connectivity index (χ1n) is 12.8. The molecule has 5 nitrogen and oxygen atoms in total. The van der Waals surface area contributed by atoms with Crippen LogP contribution in [-0.4, -0.2) is 26.9 Å². The average Bonchev–Trinajstić information content (AvgIpc) is 2.91. The second-order valence-electron chi connectivity index (χ2n) is 9.10. The Morgan fingerprint density at radius 3 is 2.38 bits per heavy atom. The lowest BCUT2D eigenvalue weighted by molar-refractivity contribution is 0.0654. The normalized spacial score (nSPS) is 12.0. The minimum atomic E-state index is -0.570. The molecule has 4 aromatic rings. The lowest BCUT2D eigenvalue weighted by atomic mass is 10.1. The van der Waals surface area contributed by atoms with E-state index in [1.54, 1.807) is 29.2 Å². The SMILES string of the molecule is CCCCCCN(C(=O)c1cccc(F)c1)C(CC)c1nc2ccccc2c(=O)n1-c1ccc(F)cc1. The van der Waals surface area contributed by atoms with Crippen molar-refractivity contribution in [3.05, 3.63) is 106 Å². The molecule has 0 N–H and O–H groups in total. The third-order valence-electron chi connectivity index (χ3n) is 6.53. The summed E-state index contributed by atoms with van der Waals surface area (Å²) >= 11 is 0. The van der Waals surface area contributed by atoms with Crippen molar-refractivity contribution in [2.45, 2.75) is 52.0 Å². The number of amides is 1. The van der Waals surface area contributed by atoms with Crippen molar-refractivity contribution in [2.24, 2.45) is 0 Å². The molecule has 0 aliphatic carbocycles. The van der Waals surface area contributed by atoms with E-state index in [-0.39, 0.29) is 17.0 Å². The summed E-state index contributed by atoms with van der Waals surface area (Å²) in [5.41, 5.74) is 0.922. The zero-order valence-electron chi connectivity index (χ0n) is 21.2. The largest absolute Gasteiger partial charge is 0.328 e. The van der Waals surface area contributed by atoms with E-state index in [9.17, 15) is 18.4 Å². The van der Waals surface area contributed by atoms with Crippen molar-refractivity contribution in [3.8, 4) is 5.69 Å². The van der Waals surface area contributed by atoms with E-state index < -0.39 is 17.7 Å². The molecule has 37 heavy (non-hydrogen) atoms. The second-order valence-corrected chi connectivity index (χ2v) is 9.10. The lowest BCUT2D eigenvalue weighted by Crippen LogP contribution is -2.39. The third kappa shape index (κ3) is 5.77. The highest BCUT2D eigenvalue weighted by atomic mass is 19.1. The molecule has 0 saturated carbocycles. The van der Waals surface area contributed by atoms with Crippen LogP contribution in [-0.2, 0) is 0 Å². The Bertz CT molecular complexity index is 1430. The maximum absolute atomic E-state index is 14.0. The maximum atomic E-state index is 14.0. The van der Waals surface area contributed by atoms with Crippen LogP contribution < -0.4 is 5.56 Å². The van der Waals surface area contributed by atoms with Gasteiger partial charge in [-0.3, -0.25) is 14.2 Å². The number of fused-ring (bicyclic) bond motifs is 1. The first kappa shape index (κ1) is 26.2. The summed E-state index contributed by atoms with van der Waals surface area (Å²) in [7, 11) is 0. The zero-order valence-corrected chi connectivity index (χ0v) is 21.2. The number of carbonyl (C=O) groups is 1. The number of unbranched alkanes of at least 4 members (excludes halogenated alkanes) is 3. The zero-order chi connectivity index (χ0) is 26.4. The van der Waals surface area contributed by atoms with Crippen LogP contribution in [0.1, 0.15) is 68.2 Å². The molecule has 0 bridgehead atoms. The molecule has 1 amide bonds. The molecule has 0 radical (unpaired) electrons. The number of para-hydroxylation sites is 1. The average molecular weight is 504 g/mol. The molecule has 0 spiro atoms. The number of aromatic nitrogens is 2. The standard InChI is InChI=1S/C30H31F2N3O2/c1-3-5-6-9-19-34(29(36)21-11-10-12-23(32)20-21)27(4-2)28-33-26-14-8-7-13-25(26)30(37)35(28)24-17-15-22(31)16-18-24/h7-8,10-18,20,27H,3-6,9,19H2,1-2H3. The number of hydrogen-bond acceptors (Lipinski definition) is 3. The summed E-state index contributed by atoms with van der Waals surface area (Å²) in [5.74, 6) is -0.844. The first-order chi connectivity index (χ1) is 17.9. The van der Waals surface area contributed by atoms with Gasteiger partial charge in [0.05, 0.1) is 22.6 Å². The highest BCUT2D eigenvalue weighted by Gasteiger charge is 2.29. The number of halogens is 2. The fourth-order valence-electron chi connectivity index (χ4n) is 4.65. The van der Waals surface area contributed by atoms with E-state index in [1.807, 2.05) is 13.0 Å². The van der Waals surface area contributed by atoms with Crippen molar-refractivity contribution in [1.82, 2.24) is 14.5 Å². The van der Waals surface area contributed by atoms with E-state index in [1.165, 1.54) is 47.0 Å². The van der Waals surface area contributed by atoms with Gasteiger partial charge in [0, 0.05) is 12.1 Å². The molecule has 0 fully saturated rings. The van der Waals surface area contributed by atoms with Crippen LogP contribution in [0.4, 0.5) is 8.78 Å². The fourth-order valence-corrected chi connectivity index (χ4v) is 4.65. The summed E-state index contributed by atoms with van der Waals surface area (Å²) in [4.78, 5) is 34.1. The van der Waals surface area contributed by atoms with E-state index in [0.29, 0.717) is 35.4 Å². The first-order valence-corrected chi connectivity index (χ1v) is 12.8. The van der Waals surface area contributed by atoms with Crippen LogP contribution in [0.5, 0.6) is 0 Å². The fraction of sp³-hybridized carbons (Fsp3) is 0.300. The molecule has 192 valence electrons. The Morgan fingerprint density at radius 2 is 1.68 bits per heavy atom. The molecule has 3 aromatic carbocycles. The van der Waals surface area contributed by atoms with Gasteiger partial charge in [-0.05, 0) is 67.4 Å². The van der Waals surface area contributed by atoms with Crippen LogP contribution in [0.2, 0.25) is 0 Å². The predicted octanol–water partition coefficient (Wildman–Crippen LogP) is 6.84. The van der Waals surface area contributed by atoms with Gasteiger partial charge in [0.2, 0.25) is 0 Å². The van der Waals surface area contributed by atoms with E-state index >= 15 is 0 Å². The van der Waals surface area contributed by atoms with Crippen molar-refractivity contribution in [2.75, 3.05) is 6.54 Å². The van der Waals surface area contributed by atoms with Crippen molar-refractivity contribution in [3.63, 3.8) is 0 Å². The number of benzene rings is 3. The van der Waals surface area contributed by atoms with Gasteiger partial charge in [0.1, 0.15) is 17.5 Å². The monoisotopic (exact) mass is 503 g/mol. The molecule has 0 aliphatic rings. The molecule has 1 aromatic heterocycles. The molecule has 1 heterocycles. The topological polar surface area (TPSA) is 55.2 Å². The van der Waals surface area contributed by atoms with Gasteiger partial charge in [0.25, 0.3) is 11.5 Å². The Hall–Kier alpha value is -3.87. The Labute approximate surface area is 215 Å². The Kier molecular flexibility index (Phi) is 8.43. The molecule has 7 heteroatoms. The van der Waals surface area contributed by atoms with Gasteiger partial charge in [-0.2, -0.15) is 0 Å². The predicted molar refractivity (Wildman–Crippen MR) is 142 cm³/mol. The van der Waals surface area contributed by atoms with Crippen molar-refractivity contribution in [1.29, 1.82) is 0 Å². The van der Waals surface area contributed by atoms with Crippen LogP contribution in [0.15, 0.2) is 77.6 Å². The van der Waals surface area contributed by atoms with Gasteiger partial charge in [-0.25, -0.2) is 13.8 Å². The van der Waals surface area contributed by atoms with Crippen LogP contribution >= 0.6 is 0 Å². The molecule has 1 atom stereocenters. The van der Waals surface area contributed by atoms with Crippen LogP contribution in [0, 0.1) is 11.6 Å². The highest BCUT2D eigenvalue weighted by molar-refractivity contribution is 5.94. The minimum Gasteiger partial charge on any atom is -0.328 e. The number of rotatable bonds is 10. The Morgan fingerprint density at radius 1 is 0.919 bits per heavy atom. The highest BCUT2D eigenvalue weighted by Crippen LogP contribution is 2.28. The summed E-state index contributed by atoms with van der Waals surface area (Å²) < 4.78 is 29.3. The maximum Gasteiger partial charge on any atom is 0.266 e. The summed E-state index contributed by atoms with van der Waals surface area (Å²) in [6, 6.07) is 17.8. The van der Waals surface area contributed by atoms with E-state index in [4.69, 9.17) is 4.98 Å². The summed E-state index contributed by atoms with van der Waals surface area (Å²) in [5, 5.41) is 0.427. The van der Waals surface area contributed by atoms with Gasteiger partial charge in [0.15, 0.2) is 0 Å². The molecular weight excluding hydrogens is 472 g/mol. The number of carbonyl (C=O) groups excluding carboxylic acids is 1. The minimum absolute atomic E-state index is 0.241. The number of nitrogens with zero attached hydrogens (tertiary/aromatic N) is 3. The Balaban J connectivity index is 1.89. The van der Waals surface area contributed by atoms with Crippen molar-refractivity contribution >= 4 is 16.8 Å². The lowest BCUT2D eigenvalue weighted by Gasteiger charge is -2.32. The summed E-state index contributed by atoms with van der Waals surface area (Å²) in [6.07, 6.45) is 4.26. The molecule has 1 unspecified atom stereocenters. The third-order valence-corrected chi connectivity index (χ3v) is 6.53. The van der Waals surface area contributed by atoms with Gasteiger partial charge in [-0.15, -0.1) is 0 Å². The molecule has 0 saturated heterocycles. The van der Waals surface area contributed by atoms with Gasteiger partial charge in [-0.1, -0.05) is 51.3 Å². The van der Waals surface area contributed by atoms with Crippen LogP contribution in [0.3, 0.4) is 0 Å². The molecular formula is C30H31F2N3O2. The van der Waals surface area contributed by atoms with Crippen molar-refractivity contribution < 1.29 is 13.6 Å².